The Hall–Kier alpha value is -3.28. The van der Waals surface area contributed by atoms with E-state index in [1.807, 2.05) is 12.1 Å². The number of hydrogen-bond acceptors (Lipinski definition) is 4. The zero-order chi connectivity index (χ0) is 22.8. The number of ether oxygens (including phenoxy) is 2. The van der Waals surface area contributed by atoms with Gasteiger partial charge < -0.3 is 19.6 Å². The van der Waals surface area contributed by atoms with Crippen LogP contribution in [0.3, 0.4) is 0 Å². The second-order valence-electron chi connectivity index (χ2n) is 8.01. The predicted molar refractivity (Wildman–Crippen MR) is 125 cm³/mol. The quantitative estimate of drug-likeness (QED) is 0.311. The number of carboxylic acids is 1. The van der Waals surface area contributed by atoms with E-state index in [9.17, 15) is 9.59 Å². The highest BCUT2D eigenvalue weighted by molar-refractivity contribution is 5.94. The molecular weight excluding hydrogens is 406 g/mol. The van der Waals surface area contributed by atoms with E-state index in [2.05, 4.69) is 24.0 Å². The van der Waals surface area contributed by atoms with Crippen LogP contribution in [-0.2, 0) is 11.2 Å². The standard InChI is InChI=1S/C26H31NO5/c1-2-3-4-5-6-7-8-19-9-11-22(12-10-19)31-17-21(28)18-32-23-13-14-24-20(15-23)16-25(27-24)26(29)30/h9-16,27H,2-8,17-18H2,1H3,(H,29,30). The molecule has 1 aromatic heterocycles. The molecule has 0 amide bonds. The van der Waals surface area contributed by atoms with Gasteiger partial charge in [0.2, 0.25) is 5.78 Å². The molecule has 2 N–H and O–H groups in total. The first-order valence-electron chi connectivity index (χ1n) is 11.3. The average molecular weight is 438 g/mol. The van der Waals surface area contributed by atoms with Crippen LogP contribution < -0.4 is 9.47 Å². The monoisotopic (exact) mass is 437 g/mol. The molecule has 0 aliphatic carbocycles. The maximum Gasteiger partial charge on any atom is 0.352 e. The number of unbranched alkanes of at least 4 members (excludes halogenated alkanes) is 5. The molecule has 0 saturated carbocycles. The van der Waals surface area contributed by atoms with Gasteiger partial charge in [0.05, 0.1) is 0 Å². The molecule has 3 rings (SSSR count). The fourth-order valence-corrected chi connectivity index (χ4v) is 3.55. The number of carbonyl (C=O) groups excluding carboxylic acids is 1. The van der Waals surface area contributed by atoms with Crippen LogP contribution in [0.1, 0.15) is 61.5 Å². The number of H-pyrrole nitrogens is 1. The lowest BCUT2D eigenvalue weighted by atomic mass is 10.0. The van der Waals surface area contributed by atoms with E-state index in [1.54, 1.807) is 18.2 Å². The van der Waals surface area contributed by atoms with E-state index in [0.717, 1.165) is 6.42 Å². The van der Waals surface area contributed by atoms with Gasteiger partial charge in [0, 0.05) is 10.9 Å². The van der Waals surface area contributed by atoms with Gasteiger partial charge in [-0.1, -0.05) is 51.2 Å². The number of benzene rings is 2. The number of aromatic amines is 1. The Kier molecular flexibility index (Phi) is 8.72. The van der Waals surface area contributed by atoms with Crippen molar-refractivity contribution in [3.05, 3.63) is 59.8 Å². The molecule has 0 saturated heterocycles. The van der Waals surface area contributed by atoms with E-state index in [0.29, 0.717) is 22.4 Å². The molecule has 170 valence electrons. The van der Waals surface area contributed by atoms with Crippen molar-refractivity contribution in [2.45, 2.75) is 51.9 Å². The van der Waals surface area contributed by atoms with Crippen LogP contribution in [0, 0.1) is 0 Å². The van der Waals surface area contributed by atoms with Crippen LogP contribution in [0.5, 0.6) is 11.5 Å². The number of nitrogens with one attached hydrogen (secondary N) is 1. The molecule has 0 aliphatic rings. The topological polar surface area (TPSA) is 88.6 Å². The van der Waals surface area contributed by atoms with Crippen LogP contribution in [0.15, 0.2) is 48.5 Å². The van der Waals surface area contributed by atoms with E-state index in [1.165, 1.54) is 50.2 Å². The van der Waals surface area contributed by atoms with Gasteiger partial charge in [-0.15, -0.1) is 0 Å². The Morgan fingerprint density at radius 3 is 2.22 bits per heavy atom. The molecule has 2 aromatic carbocycles. The van der Waals surface area contributed by atoms with Crippen LogP contribution >= 0.6 is 0 Å². The van der Waals surface area contributed by atoms with Crippen molar-refractivity contribution in [2.75, 3.05) is 13.2 Å². The highest BCUT2D eigenvalue weighted by Gasteiger charge is 2.09. The van der Waals surface area contributed by atoms with E-state index >= 15 is 0 Å². The van der Waals surface area contributed by atoms with Gasteiger partial charge in [-0.2, -0.15) is 0 Å². The minimum Gasteiger partial charge on any atom is -0.486 e. The molecule has 0 aliphatic heterocycles. The van der Waals surface area contributed by atoms with Gasteiger partial charge >= 0.3 is 5.97 Å². The Balaban J connectivity index is 1.38. The molecule has 0 radical (unpaired) electrons. The Bertz CT molecular complexity index is 1020. The summed E-state index contributed by atoms with van der Waals surface area (Å²) in [5.41, 5.74) is 2.10. The normalized spacial score (nSPS) is 10.9. The fraction of sp³-hybridized carbons (Fsp3) is 0.385. The number of Topliss-reactive ketones (excluding diaryl/α,β-unsaturated/α-hetero) is 1. The lowest BCUT2D eigenvalue weighted by molar-refractivity contribution is -0.123. The van der Waals surface area contributed by atoms with Crippen molar-refractivity contribution >= 4 is 22.7 Å². The summed E-state index contributed by atoms with van der Waals surface area (Å²) >= 11 is 0. The van der Waals surface area contributed by atoms with Crippen molar-refractivity contribution in [3.8, 4) is 11.5 Å². The lowest BCUT2D eigenvalue weighted by Crippen LogP contribution is -2.19. The SMILES string of the molecule is CCCCCCCCc1ccc(OCC(=O)COc2ccc3[nH]c(C(=O)O)cc3c2)cc1. The first kappa shape index (κ1) is 23.4. The zero-order valence-corrected chi connectivity index (χ0v) is 18.6. The average Bonchev–Trinajstić information content (AvgIpc) is 3.23. The second kappa shape index (κ2) is 11.9. The summed E-state index contributed by atoms with van der Waals surface area (Å²) in [6.07, 6.45) is 8.77. The van der Waals surface area contributed by atoms with E-state index in [4.69, 9.17) is 14.6 Å². The molecule has 0 fully saturated rings. The number of aryl methyl sites for hydroxylation is 1. The molecule has 0 spiro atoms. The lowest BCUT2D eigenvalue weighted by Gasteiger charge is -2.08. The number of aromatic carboxylic acids is 1. The maximum absolute atomic E-state index is 12.1. The number of carbonyl (C=O) groups is 2. The molecule has 0 unspecified atom stereocenters. The largest absolute Gasteiger partial charge is 0.486 e. The summed E-state index contributed by atoms with van der Waals surface area (Å²) in [6.45, 7) is 2.05. The van der Waals surface area contributed by atoms with E-state index < -0.39 is 5.97 Å². The van der Waals surface area contributed by atoms with Gasteiger partial charge in [-0.25, -0.2) is 4.79 Å². The van der Waals surface area contributed by atoms with Gasteiger partial charge in [0.25, 0.3) is 0 Å². The summed E-state index contributed by atoms with van der Waals surface area (Å²) in [4.78, 5) is 26.0. The first-order valence-corrected chi connectivity index (χ1v) is 11.3. The number of hydrogen-bond donors (Lipinski definition) is 2. The molecule has 0 atom stereocenters. The number of aromatic nitrogens is 1. The predicted octanol–water partition coefficient (Wildman–Crippen LogP) is 5.80. The Morgan fingerprint density at radius 2 is 1.50 bits per heavy atom. The molecule has 1 heterocycles. The molecule has 6 heteroatoms. The highest BCUT2D eigenvalue weighted by Crippen LogP contribution is 2.22. The smallest absolute Gasteiger partial charge is 0.352 e. The third-order valence-electron chi connectivity index (χ3n) is 5.36. The molecule has 0 bridgehead atoms. The number of fused-ring (bicyclic) bond motifs is 1. The molecule has 3 aromatic rings. The Morgan fingerprint density at radius 1 is 0.844 bits per heavy atom. The van der Waals surface area contributed by atoms with Crippen LogP contribution in [-0.4, -0.2) is 35.1 Å². The summed E-state index contributed by atoms with van der Waals surface area (Å²) < 4.78 is 11.1. The van der Waals surface area contributed by atoms with Crippen molar-refractivity contribution in [2.24, 2.45) is 0 Å². The Labute approximate surface area is 188 Å². The minimum absolute atomic E-state index is 0.0632. The van der Waals surface area contributed by atoms with Gasteiger partial charge in [-0.3, -0.25) is 4.79 Å². The van der Waals surface area contributed by atoms with Crippen LogP contribution in [0.2, 0.25) is 0 Å². The second-order valence-corrected chi connectivity index (χ2v) is 8.01. The fourth-order valence-electron chi connectivity index (χ4n) is 3.55. The maximum atomic E-state index is 12.1. The third kappa shape index (κ3) is 7.15. The van der Waals surface area contributed by atoms with Crippen molar-refractivity contribution in [3.63, 3.8) is 0 Å². The van der Waals surface area contributed by atoms with Gasteiger partial charge in [0.1, 0.15) is 30.4 Å². The summed E-state index contributed by atoms with van der Waals surface area (Å²) in [5, 5.41) is 9.77. The van der Waals surface area contributed by atoms with Gasteiger partial charge in [0.15, 0.2) is 0 Å². The molecular formula is C26H31NO5. The summed E-state index contributed by atoms with van der Waals surface area (Å²) in [6, 6.07) is 14.6. The third-order valence-corrected chi connectivity index (χ3v) is 5.36. The summed E-state index contributed by atoms with van der Waals surface area (Å²) in [7, 11) is 0. The van der Waals surface area contributed by atoms with Crippen LogP contribution in [0.4, 0.5) is 0 Å². The van der Waals surface area contributed by atoms with E-state index in [-0.39, 0.29) is 24.7 Å². The molecule has 6 nitrogen and oxygen atoms in total. The van der Waals surface area contributed by atoms with Crippen molar-refractivity contribution in [1.29, 1.82) is 0 Å². The number of carboxylic acid groups (broad SMARTS) is 1. The van der Waals surface area contributed by atoms with Crippen LogP contribution in [0.25, 0.3) is 10.9 Å². The van der Waals surface area contributed by atoms with Crippen molar-refractivity contribution in [1.82, 2.24) is 4.98 Å². The summed E-state index contributed by atoms with van der Waals surface area (Å²) in [5.74, 6) is -0.0335. The van der Waals surface area contributed by atoms with Gasteiger partial charge in [-0.05, 0) is 54.8 Å². The first-order chi connectivity index (χ1) is 15.5. The number of rotatable bonds is 14. The van der Waals surface area contributed by atoms with Crippen molar-refractivity contribution < 1.29 is 24.2 Å². The minimum atomic E-state index is -1.02. The number of ketones is 1. The molecule has 32 heavy (non-hydrogen) atoms. The zero-order valence-electron chi connectivity index (χ0n) is 18.6. The highest BCUT2D eigenvalue weighted by atomic mass is 16.5.